The Bertz CT molecular complexity index is 845. The van der Waals surface area contributed by atoms with Crippen molar-refractivity contribution in [3.8, 4) is 0 Å². The lowest BCUT2D eigenvalue weighted by molar-refractivity contribution is 0.265. The number of anilines is 1. The van der Waals surface area contributed by atoms with Gasteiger partial charge in [0.1, 0.15) is 5.82 Å². The zero-order valence-corrected chi connectivity index (χ0v) is 15.1. The van der Waals surface area contributed by atoms with Crippen LogP contribution in [0.25, 0.3) is 0 Å². The highest BCUT2D eigenvalue weighted by Gasteiger charge is 2.21. The lowest BCUT2D eigenvalue weighted by Gasteiger charge is -2.23. The van der Waals surface area contributed by atoms with E-state index in [0.717, 1.165) is 56.5 Å². The van der Waals surface area contributed by atoms with E-state index in [-0.39, 0.29) is 0 Å². The number of hydrogen-bond acceptors (Lipinski definition) is 5. The van der Waals surface area contributed by atoms with E-state index in [2.05, 4.69) is 43.1 Å². The van der Waals surface area contributed by atoms with Gasteiger partial charge in [-0.1, -0.05) is 12.1 Å². The standard InChI is InChI=1S/C20H24N6/c1-17-5-2-7-19(23-17)16-24-11-12-25(13-14-26-10-4-9-22-26)20-18(15-24)6-3-8-21-20/h2-10H,11-16H2,1H3. The van der Waals surface area contributed by atoms with E-state index < -0.39 is 0 Å². The Hall–Kier alpha value is -2.73. The molecular formula is C20H24N6. The molecule has 4 rings (SSSR count). The van der Waals surface area contributed by atoms with Gasteiger partial charge in [0.15, 0.2) is 0 Å². The first kappa shape index (κ1) is 16.7. The summed E-state index contributed by atoms with van der Waals surface area (Å²) in [6, 6.07) is 12.4. The molecule has 1 aliphatic rings. The zero-order valence-electron chi connectivity index (χ0n) is 15.1. The summed E-state index contributed by atoms with van der Waals surface area (Å²) in [5.41, 5.74) is 3.47. The molecule has 0 aromatic carbocycles. The Morgan fingerprint density at radius 3 is 2.81 bits per heavy atom. The van der Waals surface area contributed by atoms with E-state index in [4.69, 9.17) is 0 Å². The van der Waals surface area contributed by atoms with Gasteiger partial charge in [0, 0.05) is 62.6 Å². The molecule has 26 heavy (non-hydrogen) atoms. The van der Waals surface area contributed by atoms with Crippen LogP contribution in [0.4, 0.5) is 5.82 Å². The van der Waals surface area contributed by atoms with Crippen LogP contribution in [0.3, 0.4) is 0 Å². The second-order valence-electron chi connectivity index (χ2n) is 6.72. The van der Waals surface area contributed by atoms with E-state index >= 15 is 0 Å². The van der Waals surface area contributed by atoms with Crippen molar-refractivity contribution < 1.29 is 0 Å². The Morgan fingerprint density at radius 2 is 1.96 bits per heavy atom. The molecule has 0 saturated carbocycles. The predicted octanol–water partition coefficient (Wildman–Crippen LogP) is 2.50. The molecule has 0 radical (unpaired) electrons. The molecule has 4 heterocycles. The second kappa shape index (κ2) is 7.66. The van der Waals surface area contributed by atoms with Crippen molar-refractivity contribution in [2.75, 3.05) is 24.5 Å². The highest BCUT2D eigenvalue weighted by atomic mass is 15.3. The van der Waals surface area contributed by atoms with Crippen LogP contribution in [0, 0.1) is 6.92 Å². The summed E-state index contributed by atoms with van der Waals surface area (Å²) >= 11 is 0. The molecular weight excluding hydrogens is 324 g/mol. The van der Waals surface area contributed by atoms with Crippen molar-refractivity contribution >= 4 is 5.82 Å². The molecule has 0 fully saturated rings. The molecule has 6 nitrogen and oxygen atoms in total. The van der Waals surface area contributed by atoms with Crippen LogP contribution < -0.4 is 4.90 Å². The fraction of sp³-hybridized carbons (Fsp3) is 0.350. The SMILES string of the molecule is Cc1cccc(CN2CCN(CCn3cccn3)c3ncccc3C2)n1. The van der Waals surface area contributed by atoms with Crippen molar-refractivity contribution in [3.63, 3.8) is 0 Å². The third kappa shape index (κ3) is 3.91. The van der Waals surface area contributed by atoms with Gasteiger partial charge in [-0.05, 0) is 31.2 Å². The van der Waals surface area contributed by atoms with Crippen molar-refractivity contribution in [1.82, 2.24) is 24.6 Å². The summed E-state index contributed by atoms with van der Waals surface area (Å²) in [6.07, 6.45) is 5.72. The first-order valence-electron chi connectivity index (χ1n) is 9.09. The maximum atomic E-state index is 4.67. The molecule has 6 heteroatoms. The number of fused-ring (bicyclic) bond motifs is 1. The van der Waals surface area contributed by atoms with E-state index in [1.807, 2.05) is 48.4 Å². The minimum absolute atomic E-state index is 0.864. The Morgan fingerprint density at radius 1 is 1.00 bits per heavy atom. The highest BCUT2D eigenvalue weighted by molar-refractivity contribution is 5.47. The van der Waals surface area contributed by atoms with Crippen LogP contribution in [0.15, 0.2) is 55.0 Å². The van der Waals surface area contributed by atoms with Crippen molar-refractivity contribution in [2.45, 2.75) is 26.6 Å². The highest BCUT2D eigenvalue weighted by Crippen LogP contribution is 2.23. The average Bonchev–Trinajstić information content (AvgIpc) is 3.10. The van der Waals surface area contributed by atoms with E-state index in [9.17, 15) is 0 Å². The maximum absolute atomic E-state index is 4.67. The molecule has 3 aromatic heterocycles. The van der Waals surface area contributed by atoms with Gasteiger partial charge >= 0.3 is 0 Å². The van der Waals surface area contributed by atoms with Crippen LogP contribution in [0.2, 0.25) is 0 Å². The zero-order chi connectivity index (χ0) is 17.8. The van der Waals surface area contributed by atoms with Crippen LogP contribution >= 0.6 is 0 Å². The molecule has 0 unspecified atom stereocenters. The minimum Gasteiger partial charge on any atom is -0.353 e. The van der Waals surface area contributed by atoms with Crippen LogP contribution in [-0.2, 0) is 19.6 Å². The average molecular weight is 348 g/mol. The number of nitrogens with zero attached hydrogens (tertiary/aromatic N) is 6. The van der Waals surface area contributed by atoms with Gasteiger partial charge in [-0.25, -0.2) is 4.98 Å². The topological polar surface area (TPSA) is 50.1 Å². The first-order chi connectivity index (χ1) is 12.8. The first-order valence-corrected chi connectivity index (χ1v) is 9.09. The number of aryl methyl sites for hydroxylation is 1. The summed E-state index contributed by atoms with van der Waals surface area (Å²) in [4.78, 5) is 14.2. The predicted molar refractivity (Wildman–Crippen MR) is 102 cm³/mol. The van der Waals surface area contributed by atoms with E-state index in [0.29, 0.717) is 0 Å². The van der Waals surface area contributed by atoms with Crippen LogP contribution in [0.1, 0.15) is 17.0 Å². The fourth-order valence-corrected chi connectivity index (χ4v) is 3.45. The van der Waals surface area contributed by atoms with Gasteiger partial charge in [-0.15, -0.1) is 0 Å². The Balaban J connectivity index is 1.49. The largest absolute Gasteiger partial charge is 0.353 e. The molecule has 0 aliphatic carbocycles. The fourth-order valence-electron chi connectivity index (χ4n) is 3.45. The van der Waals surface area contributed by atoms with Gasteiger partial charge in [0.25, 0.3) is 0 Å². The smallest absolute Gasteiger partial charge is 0.133 e. The number of pyridine rings is 2. The van der Waals surface area contributed by atoms with Crippen molar-refractivity contribution in [3.05, 3.63) is 71.9 Å². The molecule has 0 saturated heterocycles. The summed E-state index contributed by atoms with van der Waals surface area (Å²) in [6.45, 7) is 7.52. The number of aromatic nitrogens is 4. The van der Waals surface area contributed by atoms with Gasteiger partial charge in [-0.3, -0.25) is 14.6 Å². The molecule has 0 atom stereocenters. The quantitative estimate of drug-likeness (QED) is 0.709. The lowest BCUT2D eigenvalue weighted by atomic mass is 10.2. The summed E-state index contributed by atoms with van der Waals surface area (Å²) in [5.74, 6) is 1.10. The van der Waals surface area contributed by atoms with Crippen molar-refractivity contribution in [2.24, 2.45) is 0 Å². The molecule has 0 spiro atoms. The third-order valence-electron chi connectivity index (χ3n) is 4.74. The molecule has 134 valence electrons. The molecule has 0 N–H and O–H groups in total. The van der Waals surface area contributed by atoms with Crippen LogP contribution in [0.5, 0.6) is 0 Å². The summed E-state index contributed by atoms with van der Waals surface area (Å²) in [5, 5.41) is 4.31. The van der Waals surface area contributed by atoms with Gasteiger partial charge in [0.05, 0.1) is 12.2 Å². The molecule has 3 aromatic rings. The normalized spacial score (nSPS) is 14.9. The molecule has 1 aliphatic heterocycles. The number of rotatable bonds is 5. The van der Waals surface area contributed by atoms with Gasteiger partial charge < -0.3 is 4.90 Å². The lowest BCUT2D eigenvalue weighted by Crippen LogP contribution is -2.34. The molecule has 0 bridgehead atoms. The summed E-state index contributed by atoms with van der Waals surface area (Å²) in [7, 11) is 0. The number of hydrogen-bond donors (Lipinski definition) is 0. The summed E-state index contributed by atoms with van der Waals surface area (Å²) < 4.78 is 1.97. The Kier molecular flexibility index (Phi) is 4.93. The second-order valence-corrected chi connectivity index (χ2v) is 6.72. The van der Waals surface area contributed by atoms with E-state index in [1.165, 1.54) is 5.56 Å². The monoisotopic (exact) mass is 348 g/mol. The minimum atomic E-state index is 0.864. The van der Waals surface area contributed by atoms with Gasteiger partial charge in [-0.2, -0.15) is 5.10 Å². The van der Waals surface area contributed by atoms with E-state index in [1.54, 1.807) is 0 Å². The van der Waals surface area contributed by atoms with Crippen LogP contribution in [-0.4, -0.2) is 44.3 Å². The molecule has 0 amide bonds. The maximum Gasteiger partial charge on any atom is 0.133 e. The van der Waals surface area contributed by atoms with Crippen molar-refractivity contribution in [1.29, 1.82) is 0 Å². The van der Waals surface area contributed by atoms with Gasteiger partial charge in [0.2, 0.25) is 0 Å². The third-order valence-corrected chi connectivity index (χ3v) is 4.74. The Labute approximate surface area is 154 Å².